The SMILES string of the molecule is CCC1SCCSC1C(N)C=C(C)C. The standard InChI is InChI=1S/C11H21NS2/c1-4-10-11(14-6-5-13-10)9(12)7-8(2)3/h7,9-11H,4-6,12H2,1-3H3. The highest BCUT2D eigenvalue weighted by Gasteiger charge is 2.28. The van der Waals surface area contributed by atoms with E-state index < -0.39 is 0 Å². The molecule has 0 aromatic carbocycles. The van der Waals surface area contributed by atoms with Crippen molar-refractivity contribution in [2.45, 2.75) is 43.7 Å². The molecule has 3 heteroatoms. The fraction of sp³-hybridized carbons (Fsp3) is 0.818. The lowest BCUT2D eigenvalue weighted by atomic mass is 10.1. The predicted molar refractivity (Wildman–Crippen MR) is 70.2 cm³/mol. The fourth-order valence-corrected chi connectivity index (χ4v) is 4.91. The Morgan fingerprint density at radius 3 is 2.64 bits per heavy atom. The predicted octanol–water partition coefficient (Wildman–Crippen LogP) is 2.91. The van der Waals surface area contributed by atoms with Crippen LogP contribution in [0.5, 0.6) is 0 Å². The van der Waals surface area contributed by atoms with Crippen LogP contribution in [0.1, 0.15) is 27.2 Å². The van der Waals surface area contributed by atoms with Crippen LogP contribution < -0.4 is 5.73 Å². The van der Waals surface area contributed by atoms with E-state index in [-0.39, 0.29) is 6.04 Å². The first-order valence-corrected chi connectivity index (χ1v) is 7.38. The molecule has 82 valence electrons. The van der Waals surface area contributed by atoms with Gasteiger partial charge in [-0.1, -0.05) is 18.6 Å². The number of nitrogens with two attached hydrogens (primary N) is 1. The first kappa shape index (κ1) is 12.5. The van der Waals surface area contributed by atoms with E-state index in [0.717, 1.165) is 5.25 Å². The van der Waals surface area contributed by atoms with E-state index in [2.05, 4.69) is 50.4 Å². The van der Waals surface area contributed by atoms with Crippen LogP contribution in [0.3, 0.4) is 0 Å². The van der Waals surface area contributed by atoms with Crippen LogP contribution in [-0.4, -0.2) is 28.0 Å². The summed E-state index contributed by atoms with van der Waals surface area (Å²) in [5.41, 5.74) is 7.54. The number of rotatable bonds is 3. The molecule has 14 heavy (non-hydrogen) atoms. The molecular weight excluding hydrogens is 210 g/mol. The van der Waals surface area contributed by atoms with E-state index in [0.29, 0.717) is 5.25 Å². The van der Waals surface area contributed by atoms with Crippen molar-refractivity contribution in [2.75, 3.05) is 11.5 Å². The van der Waals surface area contributed by atoms with Crippen molar-refractivity contribution in [1.29, 1.82) is 0 Å². The Hall–Kier alpha value is 0.400. The van der Waals surface area contributed by atoms with Gasteiger partial charge in [0.15, 0.2) is 0 Å². The monoisotopic (exact) mass is 231 g/mol. The van der Waals surface area contributed by atoms with Gasteiger partial charge in [0, 0.05) is 28.0 Å². The molecule has 1 fully saturated rings. The van der Waals surface area contributed by atoms with Gasteiger partial charge in [-0.15, -0.1) is 0 Å². The van der Waals surface area contributed by atoms with E-state index >= 15 is 0 Å². The van der Waals surface area contributed by atoms with Crippen molar-refractivity contribution in [1.82, 2.24) is 0 Å². The minimum atomic E-state index is 0.239. The molecule has 3 unspecified atom stereocenters. The molecule has 3 atom stereocenters. The molecule has 0 radical (unpaired) electrons. The zero-order chi connectivity index (χ0) is 10.6. The second kappa shape index (κ2) is 6.09. The number of allylic oxidation sites excluding steroid dienone is 1. The summed E-state index contributed by atoms with van der Waals surface area (Å²) >= 11 is 4.15. The van der Waals surface area contributed by atoms with Gasteiger partial charge in [-0.2, -0.15) is 23.5 Å². The molecular formula is C11H21NS2. The molecule has 0 saturated carbocycles. The maximum absolute atomic E-state index is 6.20. The van der Waals surface area contributed by atoms with Gasteiger partial charge >= 0.3 is 0 Å². The number of hydrogen-bond acceptors (Lipinski definition) is 3. The van der Waals surface area contributed by atoms with E-state index in [4.69, 9.17) is 5.73 Å². The van der Waals surface area contributed by atoms with Gasteiger partial charge in [0.05, 0.1) is 0 Å². The van der Waals surface area contributed by atoms with Gasteiger partial charge in [0.1, 0.15) is 0 Å². The average Bonchev–Trinajstić information content (AvgIpc) is 2.16. The topological polar surface area (TPSA) is 26.0 Å². The zero-order valence-corrected chi connectivity index (χ0v) is 11.0. The molecule has 1 aliphatic rings. The zero-order valence-electron chi connectivity index (χ0n) is 9.32. The van der Waals surface area contributed by atoms with Crippen LogP contribution in [0, 0.1) is 0 Å². The molecule has 0 aromatic rings. The number of hydrogen-bond donors (Lipinski definition) is 1. The number of thioether (sulfide) groups is 2. The normalized spacial score (nSPS) is 29.7. The summed E-state index contributed by atoms with van der Waals surface area (Å²) in [6.07, 6.45) is 3.46. The fourth-order valence-electron chi connectivity index (χ4n) is 1.77. The third kappa shape index (κ3) is 3.52. The third-order valence-electron chi connectivity index (χ3n) is 2.40. The van der Waals surface area contributed by atoms with Crippen molar-refractivity contribution in [2.24, 2.45) is 5.73 Å². The highest BCUT2D eigenvalue weighted by atomic mass is 32.2. The van der Waals surface area contributed by atoms with Gasteiger partial charge in [0.2, 0.25) is 0 Å². The molecule has 1 rings (SSSR count). The van der Waals surface area contributed by atoms with Gasteiger partial charge < -0.3 is 5.73 Å². The van der Waals surface area contributed by atoms with Crippen LogP contribution in [0.25, 0.3) is 0 Å². The molecule has 0 spiro atoms. The van der Waals surface area contributed by atoms with Crippen LogP contribution in [0.15, 0.2) is 11.6 Å². The Balaban J connectivity index is 2.58. The largest absolute Gasteiger partial charge is 0.323 e. The Labute approximate surface area is 96.3 Å². The van der Waals surface area contributed by atoms with Crippen molar-refractivity contribution in [3.8, 4) is 0 Å². The van der Waals surface area contributed by atoms with Gasteiger partial charge in [-0.25, -0.2) is 0 Å². The molecule has 2 N–H and O–H groups in total. The highest BCUT2D eigenvalue weighted by Crippen LogP contribution is 2.35. The minimum Gasteiger partial charge on any atom is -0.323 e. The van der Waals surface area contributed by atoms with Crippen LogP contribution in [-0.2, 0) is 0 Å². The second-order valence-electron chi connectivity index (χ2n) is 3.97. The summed E-state index contributed by atoms with van der Waals surface area (Å²) < 4.78 is 0. The van der Waals surface area contributed by atoms with Gasteiger partial charge in [0.25, 0.3) is 0 Å². The Bertz CT molecular complexity index is 199. The Morgan fingerprint density at radius 2 is 2.07 bits per heavy atom. The summed E-state index contributed by atoms with van der Waals surface area (Å²) in [6, 6.07) is 0.239. The Morgan fingerprint density at radius 1 is 1.43 bits per heavy atom. The third-order valence-corrected chi connectivity index (χ3v) is 5.79. The summed E-state index contributed by atoms with van der Waals surface area (Å²) in [5, 5.41) is 1.37. The van der Waals surface area contributed by atoms with Crippen molar-refractivity contribution < 1.29 is 0 Å². The lowest BCUT2D eigenvalue weighted by Crippen LogP contribution is -2.40. The molecule has 1 nitrogen and oxygen atoms in total. The lowest BCUT2D eigenvalue weighted by molar-refractivity contribution is 0.681. The summed E-state index contributed by atoms with van der Waals surface area (Å²) in [7, 11) is 0. The Kier molecular flexibility index (Phi) is 5.42. The molecule has 0 amide bonds. The maximum atomic E-state index is 6.20. The highest BCUT2D eigenvalue weighted by molar-refractivity contribution is 8.07. The second-order valence-corrected chi connectivity index (χ2v) is 6.61. The summed E-state index contributed by atoms with van der Waals surface area (Å²) in [6.45, 7) is 6.52. The molecule has 0 aliphatic carbocycles. The molecule has 1 heterocycles. The van der Waals surface area contributed by atoms with Crippen molar-refractivity contribution in [3.63, 3.8) is 0 Å². The lowest BCUT2D eigenvalue weighted by Gasteiger charge is -2.33. The van der Waals surface area contributed by atoms with E-state index in [1.54, 1.807) is 0 Å². The first-order chi connectivity index (χ1) is 6.65. The smallest absolute Gasteiger partial charge is 0.0358 e. The van der Waals surface area contributed by atoms with E-state index in [1.165, 1.54) is 23.5 Å². The van der Waals surface area contributed by atoms with E-state index in [1.807, 2.05) is 0 Å². The van der Waals surface area contributed by atoms with Crippen LogP contribution >= 0.6 is 23.5 Å². The molecule has 1 saturated heterocycles. The van der Waals surface area contributed by atoms with Gasteiger partial charge in [-0.05, 0) is 20.3 Å². The van der Waals surface area contributed by atoms with Crippen LogP contribution in [0.4, 0.5) is 0 Å². The average molecular weight is 231 g/mol. The molecule has 0 aromatic heterocycles. The maximum Gasteiger partial charge on any atom is 0.0358 e. The summed E-state index contributed by atoms with van der Waals surface area (Å²) in [5.74, 6) is 2.55. The van der Waals surface area contributed by atoms with Crippen molar-refractivity contribution in [3.05, 3.63) is 11.6 Å². The quantitative estimate of drug-likeness (QED) is 0.756. The summed E-state index contributed by atoms with van der Waals surface area (Å²) in [4.78, 5) is 0. The minimum absolute atomic E-state index is 0.239. The molecule has 0 bridgehead atoms. The first-order valence-electron chi connectivity index (χ1n) is 5.29. The van der Waals surface area contributed by atoms with Crippen LogP contribution in [0.2, 0.25) is 0 Å². The van der Waals surface area contributed by atoms with E-state index in [9.17, 15) is 0 Å². The van der Waals surface area contributed by atoms with Gasteiger partial charge in [-0.3, -0.25) is 0 Å². The van der Waals surface area contributed by atoms with Crippen molar-refractivity contribution >= 4 is 23.5 Å². The molecule has 1 aliphatic heterocycles.